The van der Waals surface area contributed by atoms with Crippen molar-refractivity contribution >= 4 is 40.7 Å². The van der Waals surface area contributed by atoms with Crippen LogP contribution in [0.4, 0.5) is 0 Å². The topological polar surface area (TPSA) is 81.8 Å². The molecule has 160 valence electrons. The molecule has 1 atom stereocenters. The van der Waals surface area contributed by atoms with Crippen molar-refractivity contribution < 1.29 is 13.2 Å². The lowest BCUT2D eigenvalue weighted by Gasteiger charge is -2.32. The van der Waals surface area contributed by atoms with Crippen LogP contribution in [-0.4, -0.2) is 69.8 Å². The zero-order valence-electron chi connectivity index (χ0n) is 16.1. The maximum Gasteiger partial charge on any atom is 0.243 e. The van der Waals surface area contributed by atoms with E-state index in [1.54, 1.807) is 22.5 Å². The predicted octanol–water partition coefficient (Wildman–Crippen LogP) is 1.08. The van der Waals surface area contributed by atoms with Crippen molar-refractivity contribution in [2.75, 3.05) is 46.3 Å². The summed E-state index contributed by atoms with van der Waals surface area (Å²) in [5.74, 6) is -0.0471. The minimum atomic E-state index is -3.55. The summed E-state index contributed by atoms with van der Waals surface area (Å²) in [5.41, 5.74) is 0.642. The highest BCUT2D eigenvalue weighted by Gasteiger charge is 2.29. The van der Waals surface area contributed by atoms with Gasteiger partial charge >= 0.3 is 0 Å². The third-order valence-corrected chi connectivity index (χ3v) is 7.17. The van der Waals surface area contributed by atoms with Gasteiger partial charge < -0.3 is 15.5 Å². The summed E-state index contributed by atoms with van der Waals surface area (Å²) < 4.78 is 27.6. The van der Waals surface area contributed by atoms with Gasteiger partial charge in [0.25, 0.3) is 0 Å². The van der Waals surface area contributed by atoms with Crippen LogP contribution in [0.2, 0.25) is 0 Å². The normalized spacial score (nSPS) is 21.2. The summed E-state index contributed by atoms with van der Waals surface area (Å²) in [6.07, 6.45) is 1.87. The van der Waals surface area contributed by atoms with Crippen LogP contribution in [0.3, 0.4) is 0 Å². The minimum absolute atomic E-state index is 0. The molecule has 2 fully saturated rings. The number of nitrogens with zero attached hydrogens (tertiary/aromatic N) is 2. The van der Waals surface area contributed by atoms with Crippen LogP contribution < -0.4 is 10.6 Å². The van der Waals surface area contributed by atoms with Gasteiger partial charge in [-0.2, -0.15) is 4.31 Å². The number of piperidine rings is 1. The van der Waals surface area contributed by atoms with E-state index >= 15 is 0 Å². The van der Waals surface area contributed by atoms with Crippen molar-refractivity contribution in [3.8, 4) is 0 Å². The highest BCUT2D eigenvalue weighted by molar-refractivity contribution is 7.89. The first-order chi connectivity index (χ1) is 12.5. The van der Waals surface area contributed by atoms with Gasteiger partial charge in [-0.15, -0.1) is 24.8 Å². The number of halogens is 2. The second-order valence-corrected chi connectivity index (χ2v) is 8.98. The number of hydrogen-bond donors (Lipinski definition) is 2. The molecule has 28 heavy (non-hydrogen) atoms. The molecule has 0 radical (unpaired) electrons. The molecule has 2 aliphatic heterocycles. The molecule has 3 rings (SSSR count). The average molecular weight is 453 g/mol. The van der Waals surface area contributed by atoms with Crippen LogP contribution >= 0.6 is 24.8 Å². The monoisotopic (exact) mass is 452 g/mol. The molecular weight excluding hydrogens is 423 g/mol. The van der Waals surface area contributed by atoms with Crippen molar-refractivity contribution in [1.82, 2.24) is 19.8 Å². The molecular formula is C18H30Cl2N4O3S. The van der Waals surface area contributed by atoms with E-state index in [4.69, 9.17) is 0 Å². The lowest BCUT2D eigenvalue weighted by atomic mass is 9.99. The average Bonchev–Trinajstić information content (AvgIpc) is 2.67. The van der Waals surface area contributed by atoms with Gasteiger partial charge in [0.05, 0.1) is 10.8 Å². The standard InChI is InChI=1S/C18H28N4O3S.2ClH/c1-21-9-11-22(12-10-21)26(24,25)17-7-3-2-5-15(17)14-20-18(23)16-6-4-8-19-13-16;;/h2-3,5,7,16,19H,4,6,8-14H2,1H3,(H,20,23);2*1H. The second-order valence-electron chi connectivity index (χ2n) is 7.08. The van der Waals surface area contributed by atoms with Gasteiger partial charge in [0.1, 0.15) is 0 Å². The van der Waals surface area contributed by atoms with Gasteiger partial charge in [0, 0.05) is 39.3 Å². The third-order valence-electron chi connectivity index (χ3n) is 5.17. The first-order valence-corrected chi connectivity index (χ1v) is 10.7. The van der Waals surface area contributed by atoms with Crippen LogP contribution in [0.5, 0.6) is 0 Å². The molecule has 2 saturated heterocycles. The molecule has 1 unspecified atom stereocenters. The molecule has 0 aromatic heterocycles. The Morgan fingerprint density at radius 1 is 1.18 bits per heavy atom. The van der Waals surface area contributed by atoms with Crippen molar-refractivity contribution in [2.45, 2.75) is 24.3 Å². The molecule has 0 spiro atoms. The first kappa shape index (κ1) is 25.1. The maximum absolute atomic E-state index is 13.0. The zero-order valence-corrected chi connectivity index (χ0v) is 18.5. The predicted molar refractivity (Wildman–Crippen MR) is 115 cm³/mol. The number of carbonyl (C=O) groups excluding carboxylic acids is 1. The third kappa shape index (κ3) is 6.05. The molecule has 0 saturated carbocycles. The molecule has 1 aromatic carbocycles. The fourth-order valence-electron chi connectivity index (χ4n) is 3.47. The maximum atomic E-state index is 13.0. The number of benzene rings is 1. The molecule has 2 aliphatic rings. The number of likely N-dealkylation sites (N-methyl/N-ethyl adjacent to an activating group) is 1. The van der Waals surface area contributed by atoms with E-state index < -0.39 is 10.0 Å². The van der Waals surface area contributed by atoms with Crippen LogP contribution in [0.25, 0.3) is 0 Å². The van der Waals surface area contributed by atoms with Gasteiger partial charge in [-0.1, -0.05) is 18.2 Å². The molecule has 1 aromatic rings. The first-order valence-electron chi connectivity index (χ1n) is 9.23. The highest BCUT2D eigenvalue weighted by Crippen LogP contribution is 2.21. The number of sulfonamides is 1. The summed E-state index contributed by atoms with van der Waals surface area (Å²) in [6.45, 7) is 4.32. The Labute approximate surface area is 180 Å². The molecule has 7 nitrogen and oxygen atoms in total. The summed E-state index contributed by atoms with van der Waals surface area (Å²) in [7, 11) is -1.55. The van der Waals surface area contributed by atoms with Gasteiger partial charge in [0.2, 0.25) is 15.9 Å². The number of amides is 1. The largest absolute Gasteiger partial charge is 0.352 e. The second kappa shape index (κ2) is 11.3. The van der Waals surface area contributed by atoms with E-state index in [0.717, 1.165) is 32.5 Å². The SMILES string of the molecule is CN1CCN(S(=O)(=O)c2ccccc2CNC(=O)C2CCCNC2)CC1.Cl.Cl. The lowest BCUT2D eigenvalue weighted by molar-refractivity contribution is -0.125. The van der Waals surface area contributed by atoms with Gasteiger partial charge in [-0.3, -0.25) is 4.79 Å². The van der Waals surface area contributed by atoms with Crippen LogP contribution in [0, 0.1) is 5.92 Å². The number of hydrogen-bond acceptors (Lipinski definition) is 5. The van der Waals surface area contributed by atoms with Gasteiger partial charge in [-0.05, 0) is 38.1 Å². The summed E-state index contributed by atoms with van der Waals surface area (Å²) >= 11 is 0. The van der Waals surface area contributed by atoms with Gasteiger partial charge in [-0.25, -0.2) is 8.42 Å². The highest BCUT2D eigenvalue weighted by atomic mass is 35.5. The van der Waals surface area contributed by atoms with Gasteiger partial charge in [0.15, 0.2) is 0 Å². The number of rotatable bonds is 5. The molecule has 1 amide bonds. The molecule has 2 heterocycles. The molecule has 0 bridgehead atoms. The Kier molecular flexibility index (Phi) is 10.2. The summed E-state index contributed by atoms with van der Waals surface area (Å²) in [4.78, 5) is 14.8. The van der Waals surface area contributed by atoms with Crippen molar-refractivity contribution in [1.29, 1.82) is 0 Å². The fourth-order valence-corrected chi connectivity index (χ4v) is 5.12. The lowest BCUT2D eigenvalue weighted by Crippen LogP contribution is -2.47. The number of carbonyl (C=O) groups is 1. The van der Waals surface area contributed by atoms with Crippen LogP contribution in [0.15, 0.2) is 29.2 Å². The number of piperazine rings is 1. The van der Waals surface area contributed by atoms with E-state index in [0.29, 0.717) is 30.1 Å². The van der Waals surface area contributed by atoms with Crippen molar-refractivity contribution in [3.05, 3.63) is 29.8 Å². The van der Waals surface area contributed by atoms with Crippen molar-refractivity contribution in [3.63, 3.8) is 0 Å². The number of nitrogens with one attached hydrogen (secondary N) is 2. The van der Waals surface area contributed by atoms with E-state index in [2.05, 4.69) is 15.5 Å². The summed E-state index contributed by atoms with van der Waals surface area (Å²) in [5, 5.41) is 6.15. The molecule has 2 N–H and O–H groups in total. The van der Waals surface area contributed by atoms with Crippen LogP contribution in [-0.2, 0) is 21.4 Å². The van der Waals surface area contributed by atoms with E-state index in [-0.39, 0.29) is 43.2 Å². The van der Waals surface area contributed by atoms with E-state index in [9.17, 15) is 13.2 Å². The molecule has 0 aliphatic carbocycles. The van der Waals surface area contributed by atoms with E-state index in [1.165, 1.54) is 0 Å². The Balaban J connectivity index is 0.00000196. The van der Waals surface area contributed by atoms with Crippen molar-refractivity contribution in [2.24, 2.45) is 5.92 Å². The smallest absolute Gasteiger partial charge is 0.243 e. The zero-order chi connectivity index (χ0) is 18.6. The Morgan fingerprint density at radius 3 is 2.50 bits per heavy atom. The van der Waals surface area contributed by atoms with E-state index in [1.807, 2.05) is 13.1 Å². The van der Waals surface area contributed by atoms with Crippen LogP contribution in [0.1, 0.15) is 18.4 Å². The summed E-state index contributed by atoms with van der Waals surface area (Å²) in [6, 6.07) is 6.96. The molecule has 10 heteroatoms. The fraction of sp³-hybridized carbons (Fsp3) is 0.611. The quantitative estimate of drug-likeness (QED) is 0.698. The Morgan fingerprint density at radius 2 is 1.86 bits per heavy atom. The Bertz CT molecular complexity index is 734. The Hall–Kier alpha value is -0.900. The minimum Gasteiger partial charge on any atom is -0.352 e.